The zero-order valence-electron chi connectivity index (χ0n) is 17.4. The molecule has 1 saturated heterocycles. The first-order valence-corrected chi connectivity index (χ1v) is 10.5. The number of Topliss-reactive ketones (excluding diaryl/α,β-unsaturated/α-hetero) is 1. The van der Waals surface area contributed by atoms with E-state index in [0.29, 0.717) is 11.3 Å². The molecule has 5 nitrogen and oxygen atoms in total. The second-order valence-corrected chi connectivity index (χ2v) is 8.09. The van der Waals surface area contributed by atoms with E-state index in [1.807, 2.05) is 31.2 Å². The summed E-state index contributed by atoms with van der Waals surface area (Å²) in [6, 6.07) is 14.1. The molecule has 1 saturated carbocycles. The van der Waals surface area contributed by atoms with Gasteiger partial charge in [0.15, 0.2) is 0 Å². The smallest absolute Gasteiger partial charge is 0.295 e. The Balaban J connectivity index is 1.89. The standard InChI is InChI=1S/C25H27NO4/c1-16-9-6-7-14-20(16)22-21(23(27)17-10-8-13-19(15-17)30-2)24(28)25(29)26(22)18-11-4-3-5-12-18/h6-10,13-15,18,22,27H,3-5,11-12H2,1-2H3/b23-21+. The van der Waals surface area contributed by atoms with Crippen molar-refractivity contribution in [3.63, 3.8) is 0 Å². The molecule has 1 aliphatic carbocycles. The van der Waals surface area contributed by atoms with Crippen LogP contribution in [0.2, 0.25) is 0 Å². The largest absolute Gasteiger partial charge is 0.507 e. The summed E-state index contributed by atoms with van der Waals surface area (Å²) in [5.74, 6) is -0.708. The average molecular weight is 405 g/mol. The van der Waals surface area contributed by atoms with E-state index in [-0.39, 0.29) is 17.4 Å². The van der Waals surface area contributed by atoms with E-state index in [2.05, 4.69) is 0 Å². The van der Waals surface area contributed by atoms with Gasteiger partial charge in [0.1, 0.15) is 11.5 Å². The predicted octanol–water partition coefficient (Wildman–Crippen LogP) is 4.76. The van der Waals surface area contributed by atoms with Gasteiger partial charge >= 0.3 is 0 Å². The van der Waals surface area contributed by atoms with Crippen LogP contribution in [0.4, 0.5) is 0 Å². The van der Waals surface area contributed by atoms with Crippen LogP contribution in [0, 0.1) is 6.92 Å². The van der Waals surface area contributed by atoms with E-state index in [4.69, 9.17) is 4.74 Å². The van der Waals surface area contributed by atoms with Gasteiger partial charge in [0, 0.05) is 11.6 Å². The number of likely N-dealkylation sites (tertiary alicyclic amines) is 1. The molecule has 1 unspecified atom stereocenters. The Bertz CT molecular complexity index is 1000. The molecule has 0 aromatic heterocycles. The highest BCUT2D eigenvalue weighted by molar-refractivity contribution is 6.46. The van der Waals surface area contributed by atoms with Crippen LogP contribution < -0.4 is 4.74 Å². The molecule has 1 atom stereocenters. The lowest BCUT2D eigenvalue weighted by Gasteiger charge is -2.36. The number of amides is 1. The zero-order chi connectivity index (χ0) is 21.3. The number of rotatable bonds is 4. The van der Waals surface area contributed by atoms with Crippen LogP contribution >= 0.6 is 0 Å². The van der Waals surface area contributed by atoms with Crippen LogP contribution in [-0.2, 0) is 9.59 Å². The summed E-state index contributed by atoms with van der Waals surface area (Å²) in [5.41, 5.74) is 2.50. The number of ether oxygens (including phenoxy) is 1. The van der Waals surface area contributed by atoms with E-state index < -0.39 is 17.7 Å². The Kier molecular flexibility index (Phi) is 5.62. The first kappa shape index (κ1) is 20.2. The van der Waals surface area contributed by atoms with Crippen LogP contribution in [-0.4, -0.2) is 34.8 Å². The highest BCUT2D eigenvalue weighted by Crippen LogP contribution is 2.44. The summed E-state index contributed by atoms with van der Waals surface area (Å²) in [7, 11) is 1.55. The number of nitrogens with zero attached hydrogens (tertiary/aromatic N) is 1. The quantitative estimate of drug-likeness (QED) is 0.453. The maximum atomic E-state index is 13.2. The normalized spacial score (nSPS) is 21.8. The van der Waals surface area contributed by atoms with Gasteiger partial charge in [-0.15, -0.1) is 0 Å². The van der Waals surface area contributed by atoms with Crippen LogP contribution in [0.15, 0.2) is 54.1 Å². The van der Waals surface area contributed by atoms with Crippen molar-refractivity contribution in [3.05, 3.63) is 70.8 Å². The number of hydrogen-bond acceptors (Lipinski definition) is 4. The highest BCUT2D eigenvalue weighted by atomic mass is 16.5. The van der Waals surface area contributed by atoms with Crippen molar-refractivity contribution >= 4 is 17.4 Å². The second kappa shape index (κ2) is 8.34. The Hall–Kier alpha value is -3.08. The molecular formula is C25H27NO4. The van der Waals surface area contributed by atoms with Crippen LogP contribution in [0.3, 0.4) is 0 Å². The van der Waals surface area contributed by atoms with Crippen molar-refractivity contribution in [1.82, 2.24) is 4.90 Å². The van der Waals surface area contributed by atoms with Gasteiger partial charge in [0.2, 0.25) is 0 Å². The first-order chi connectivity index (χ1) is 14.5. The summed E-state index contributed by atoms with van der Waals surface area (Å²) in [6.07, 6.45) is 5.01. The summed E-state index contributed by atoms with van der Waals surface area (Å²) >= 11 is 0. The molecular weight excluding hydrogens is 378 g/mol. The number of benzene rings is 2. The minimum atomic E-state index is -0.617. The Morgan fingerprint density at radius 3 is 2.47 bits per heavy atom. The molecule has 2 aromatic rings. The molecule has 30 heavy (non-hydrogen) atoms. The average Bonchev–Trinajstić information content (AvgIpc) is 3.04. The molecule has 2 aliphatic rings. The van der Waals surface area contributed by atoms with Gasteiger partial charge < -0.3 is 14.7 Å². The van der Waals surface area contributed by atoms with Gasteiger partial charge in [-0.25, -0.2) is 0 Å². The Morgan fingerprint density at radius 2 is 1.77 bits per heavy atom. The molecule has 0 spiro atoms. The van der Waals surface area contributed by atoms with Gasteiger partial charge in [-0.05, 0) is 43.0 Å². The van der Waals surface area contributed by atoms with E-state index >= 15 is 0 Å². The minimum absolute atomic E-state index is 0.00964. The number of aryl methyl sites for hydroxylation is 1. The number of carbonyl (C=O) groups is 2. The van der Waals surface area contributed by atoms with Crippen molar-refractivity contribution in [3.8, 4) is 5.75 Å². The Morgan fingerprint density at radius 1 is 1.03 bits per heavy atom. The highest BCUT2D eigenvalue weighted by Gasteiger charge is 2.49. The molecule has 4 rings (SSSR count). The molecule has 156 valence electrons. The summed E-state index contributed by atoms with van der Waals surface area (Å²) in [5, 5.41) is 11.2. The lowest BCUT2D eigenvalue weighted by Crippen LogP contribution is -2.40. The van der Waals surface area contributed by atoms with Crippen molar-refractivity contribution in [2.75, 3.05) is 7.11 Å². The zero-order valence-corrected chi connectivity index (χ0v) is 17.4. The molecule has 0 radical (unpaired) electrons. The van der Waals surface area contributed by atoms with Gasteiger partial charge in [-0.1, -0.05) is 55.7 Å². The summed E-state index contributed by atoms with van der Waals surface area (Å²) < 4.78 is 5.27. The fraction of sp³-hybridized carbons (Fsp3) is 0.360. The SMILES string of the molecule is COc1cccc(/C(O)=C2\C(=O)C(=O)N(C3CCCCC3)C2c2ccccc2C)c1. The van der Waals surface area contributed by atoms with E-state index in [1.165, 1.54) is 0 Å². The molecule has 0 bridgehead atoms. The monoisotopic (exact) mass is 405 g/mol. The van der Waals surface area contributed by atoms with Crippen molar-refractivity contribution in [1.29, 1.82) is 0 Å². The van der Waals surface area contributed by atoms with Gasteiger partial charge in [0.25, 0.3) is 11.7 Å². The van der Waals surface area contributed by atoms with E-state index in [9.17, 15) is 14.7 Å². The lowest BCUT2D eigenvalue weighted by molar-refractivity contribution is -0.141. The maximum Gasteiger partial charge on any atom is 0.295 e. The van der Waals surface area contributed by atoms with Crippen molar-refractivity contribution in [2.45, 2.75) is 51.1 Å². The van der Waals surface area contributed by atoms with E-state index in [1.54, 1.807) is 36.3 Å². The van der Waals surface area contributed by atoms with Crippen molar-refractivity contribution < 1.29 is 19.4 Å². The maximum absolute atomic E-state index is 13.2. The lowest BCUT2D eigenvalue weighted by atomic mass is 9.89. The summed E-state index contributed by atoms with van der Waals surface area (Å²) in [6.45, 7) is 1.97. The molecule has 2 aromatic carbocycles. The molecule has 2 fully saturated rings. The first-order valence-electron chi connectivity index (χ1n) is 10.5. The third kappa shape index (κ3) is 3.49. The minimum Gasteiger partial charge on any atom is -0.507 e. The number of ketones is 1. The van der Waals surface area contributed by atoms with Crippen molar-refractivity contribution in [2.24, 2.45) is 0 Å². The van der Waals surface area contributed by atoms with Crippen LogP contribution in [0.25, 0.3) is 5.76 Å². The predicted molar refractivity (Wildman–Crippen MR) is 115 cm³/mol. The summed E-state index contributed by atoms with van der Waals surface area (Å²) in [4.78, 5) is 28.1. The number of hydrogen-bond donors (Lipinski definition) is 1. The molecule has 1 amide bonds. The number of aliphatic hydroxyl groups is 1. The van der Waals surface area contributed by atoms with E-state index in [0.717, 1.165) is 43.2 Å². The van der Waals surface area contributed by atoms with Crippen LogP contribution in [0.1, 0.15) is 54.8 Å². The topological polar surface area (TPSA) is 66.8 Å². The molecule has 5 heteroatoms. The fourth-order valence-electron chi connectivity index (χ4n) is 4.71. The second-order valence-electron chi connectivity index (χ2n) is 8.09. The third-order valence-electron chi connectivity index (χ3n) is 6.27. The van der Waals surface area contributed by atoms with Gasteiger partial charge in [-0.3, -0.25) is 9.59 Å². The van der Waals surface area contributed by atoms with Gasteiger partial charge in [-0.2, -0.15) is 0 Å². The molecule has 1 heterocycles. The fourth-order valence-corrected chi connectivity index (χ4v) is 4.71. The number of methoxy groups -OCH3 is 1. The molecule has 1 aliphatic heterocycles. The third-order valence-corrected chi connectivity index (χ3v) is 6.27. The number of aliphatic hydroxyl groups excluding tert-OH is 1. The molecule has 1 N–H and O–H groups in total. The number of carbonyl (C=O) groups excluding carboxylic acids is 2. The van der Waals surface area contributed by atoms with Gasteiger partial charge in [0.05, 0.1) is 18.7 Å². The Labute approximate surface area is 177 Å². The van der Waals surface area contributed by atoms with Crippen LogP contribution in [0.5, 0.6) is 5.75 Å².